The van der Waals surface area contributed by atoms with Gasteiger partial charge >= 0.3 is 24.8 Å². The molecule has 1 aliphatic rings. The van der Waals surface area contributed by atoms with Crippen LogP contribution in [-0.4, -0.2) is 17.1 Å². The third kappa shape index (κ3) is 4.89. The van der Waals surface area contributed by atoms with Crippen molar-refractivity contribution in [2.45, 2.75) is 32.8 Å². The first-order valence-corrected chi connectivity index (χ1v) is 5.34. The number of carbonyl (C=O) groups excluding carboxylic acids is 1. The number of nitrogen functional groups attached to an aromatic ring is 1. The number of ether oxygens (including phenoxy) is 1. The summed E-state index contributed by atoms with van der Waals surface area (Å²) in [4.78, 5) is 16.0. The maximum Gasteiger partial charge on any atom is 1.00 e. The number of fused-ring (bicyclic) bond motifs is 1. The van der Waals surface area contributed by atoms with E-state index in [1.54, 1.807) is 12.1 Å². The summed E-state index contributed by atoms with van der Waals surface area (Å²) in [5, 5.41) is 0. The van der Waals surface area contributed by atoms with Crippen LogP contribution in [-0.2, 0) is 11.2 Å². The predicted octanol–water partition coefficient (Wildman–Crippen LogP) is -0.346. The number of aromatic nitrogens is 1. The molecule has 0 fully saturated rings. The Morgan fingerprint density at radius 3 is 2.68 bits per heavy atom. The van der Waals surface area contributed by atoms with Gasteiger partial charge in [0.1, 0.15) is 5.82 Å². The number of hydrogen-bond acceptors (Lipinski definition) is 4. The maximum absolute atomic E-state index is 11.8. The quantitative estimate of drug-likeness (QED) is 0.391. The first kappa shape index (κ1) is 20.3. The largest absolute Gasteiger partial charge is 1.00 e. The van der Waals surface area contributed by atoms with Crippen LogP contribution < -0.4 is 24.6 Å². The molecule has 0 saturated carbocycles. The summed E-state index contributed by atoms with van der Waals surface area (Å²) in [6.45, 7) is 3.95. The standard InChI is InChI=1S/C12H15N2O2.2CH3.Li/c1-7-5-8(2)16-12(15)9-3-4-11(13)14-10(9)6-7;;;/h3-4,8H,5-6H2,1-2H3,(H2,13,14);2*1H3;/q3*-1;+1. The van der Waals surface area contributed by atoms with E-state index in [-0.39, 0.29) is 45.8 Å². The molecule has 0 radical (unpaired) electrons. The molecule has 19 heavy (non-hydrogen) atoms. The SMILES string of the molecule is C[C-]1Cc2nc(N)ccc2C(=O)OC(C)C1.[CH3-].[CH3-].[Li+]. The number of nitrogens with zero attached hydrogens (tertiary/aromatic N) is 1. The third-order valence-electron chi connectivity index (χ3n) is 2.63. The minimum absolute atomic E-state index is 0. The van der Waals surface area contributed by atoms with Crippen molar-refractivity contribution < 1.29 is 28.4 Å². The van der Waals surface area contributed by atoms with Crippen LogP contribution in [0, 0.1) is 20.8 Å². The van der Waals surface area contributed by atoms with Crippen LogP contribution in [0.2, 0.25) is 0 Å². The Bertz CT molecular complexity index is 424. The van der Waals surface area contributed by atoms with Crippen molar-refractivity contribution in [3.05, 3.63) is 44.2 Å². The van der Waals surface area contributed by atoms with Gasteiger partial charge in [0.15, 0.2) is 0 Å². The molecule has 0 amide bonds. The summed E-state index contributed by atoms with van der Waals surface area (Å²) in [7, 11) is 0. The zero-order chi connectivity index (χ0) is 11.7. The van der Waals surface area contributed by atoms with Crippen LogP contribution in [0.5, 0.6) is 0 Å². The van der Waals surface area contributed by atoms with Gasteiger partial charge in [0.05, 0.1) is 11.7 Å². The van der Waals surface area contributed by atoms with Gasteiger partial charge in [0.25, 0.3) is 0 Å². The first-order chi connectivity index (χ1) is 7.56. The Hall–Kier alpha value is -0.983. The van der Waals surface area contributed by atoms with E-state index in [1.165, 1.54) is 5.92 Å². The normalized spacial score (nSPS) is 18.4. The molecule has 102 valence electrons. The molecule has 1 aromatic rings. The van der Waals surface area contributed by atoms with Gasteiger partial charge in [-0.2, -0.15) is 6.92 Å². The van der Waals surface area contributed by atoms with Gasteiger partial charge in [-0.05, 0) is 19.1 Å². The van der Waals surface area contributed by atoms with Gasteiger partial charge in [-0.25, -0.2) is 9.78 Å². The molecule has 0 aliphatic carbocycles. The van der Waals surface area contributed by atoms with Gasteiger partial charge in [-0.3, -0.25) is 0 Å². The molecular weight excluding hydrogens is 235 g/mol. The Labute approximate surface area is 128 Å². The predicted molar refractivity (Wildman–Crippen MR) is 73.6 cm³/mol. The number of hydrogen-bond donors (Lipinski definition) is 1. The van der Waals surface area contributed by atoms with Crippen molar-refractivity contribution in [1.82, 2.24) is 4.98 Å². The van der Waals surface area contributed by atoms with E-state index in [1.807, 2.05) is 13.8 Å². The van der Waals surface area contributed by atoms with Crippen LogP contribution in [0.3, 0.4) is 0 Å². The number of esters is 1. The summed E-state index contributed by atoms with van der Waals surface area (Å²) in [5.41, 5.74) is 6.86. The van der Waals surface area contributed by atoms with Crippen LogP contribution >= 0.6 is 0 Å². The fraction of sp³-hybridized carbons (Fsp3) is 0.357. The Kier molecular flexibility index (Phi) is 8.82. The van der Waals surface area contributed by atoms with Crippen LogP contribution in [0.1, 0.15) is 36.3 Å². The van der Waals surface area contributed by atoms with Gasteiger partial charge in [0.2, 0.25) is 0 Å². The van der Waals surface area contributed by atoms with Crippen molar-refractivity contribution in [3.63, 3.8) is 0 Å². The summed E-state index contributed by atoms with van der Waals surface area (Å²) >= 11 is 0. The van der Waals surface area contributed by atoms with Crippen molar-refractivity contribution in [2.75, 3.05) is 5.73 Å². The molecule has 0 saturated heterocycles. The molecule has 2 N–H and O–H groups in total. The number of anilines is 1. The maximum atomic E-state index is 11.8. The van der Waals surface area contributed by atoms with Gasteiger partial charge < -0.3 is 31.2 Å². The van der Waals surface area contributed by atoms with Crippen LogP contribution in [0.4, 0.5) is 5.82 Å². The number of cyclic esters (lactones) is 1. The van der Waals surface area contributed by atoms with E-state index in [2.05, 4.69) is 4.98 Å². The van der Waals surface area contributed by atoms with Crippen LogP contribution in [0.25, 0.3) is 0 Å². The molecule has 1 aromatic heterocycles. The zero-order valence-corrected chi connectivity index (χ0v) is 12.5. The number of nitrogens with two attached hydrogens (primary N) is 1. The molecule has 5 heteroatoms. The van der Waals surface area contributed by atoms with E-state index in [0.717, 1.165) is 12.1 Å². The summed E-state index contributed by atoms with van der Waals surface area (Å²) < 4.78 is 5.29. The Balaban J connectivity index is 0. The fourth-order valence-electron chi connectivity index (χ4n) is 1.98. The van der Waals surface area contributed by atoms with E-state index < -0.39 is 0 Å². The first-order valence-electron chi connectivity index (χ1n) is 5.34. The molecule has 1 atom stereocenters. The molecule has 1 unspecified atom stereocenters. The summed E-state index contributed by atoms with van der Waals surface area (Å²) in [6.07, 6.45) is 1.40. The third-order valence-corrected chi connectivity index (χ3v) is 2.63. The molecule has 0 aromatic carbocycles. The molecule has 2 rings (SSSR count). The number of carbonyl (C=O) groups is 1. The van der Waals surface area contributed by atoms with E-state index in [9.17, 15) is 4.79 Å². The van der Waals surface area contributed by atoms with Crippen molar-refractivity contribution in [1.29, 1.82) is 0 Å². The number of rotatable bonds is 0. The second-order valence-corrected chi connectivity index (χ2v) is 4.28. The average molecular weight is 256 g/mol. The number of pyridine rings is 1. The second kappa shape index (κ2) is 8.24. The molecule has 0 bridgehead atoms. The zero-order valence-electron chi connectivity index (χ0n) is 12.5. The second-order valence-electron chi connectivity index (χ2n) is 4.28. The molecular formula is C14H21LiN2O2-2. The smallest absolute Gasteiger partial charge is 0.462 e. The van der Waals surface area contributed by atoms with Crippen molar-refractivity contribution in [2.24, 2.45) is 0 Å². The molecule has 2 heterocycles. The molecule has 4 nitrogen and oxygen atoms in total. The Morgan fingerprint density at radius 1 is 1.42 bits per heavy atom. The van der Waals surface area contributed by atoms with Crippen LogP contribution in [0.15, 0.2) is 12.1 Å². The minimum Gasteiger partial charge on any atom is -0.462 e. The van der Waals surface area contributed by atoms with E-state index >= 15 is 0 Å². The van der Waals surface area contributed by atoms with Crippen molar-refractivity contribution >= 4 is 11.8 Å². The minimum atomic E-state index is -0.303. The van der Waals surface area contributed by atoms with E-state index in [4.69, 9.17) is 10.5 Å². The van der Waals surface area contributed by atoms with Gasteiger partial charge in [-0.1, -0.05) is 0 Å². The fourth-order valence-corrected chi connectivity index (χ4v) is 1.98. The Morgan fingerprint density at radius 2 is 2.05 bits per heavy atom. The van der Waals surface area contributed by atoms with E-state index in [0.29, 0.717) is 17.8 Å². The van der Waals surface area contributed by atoms with Gasteiger partial charge in [-0.15, -0.1) is 12.8 Å². The summed E-state index contributed by atoms with van der Waals surface area (Å²) in [5.74, 6) is 1.38. The summed E-state index contributed by atoms with van der Waals surface area (Å²) in [6, 6.07) is 3.31. The average Bonchev–Trinajstić information content (AvgIpc) is 2.15. The topological polar surface area (TPSA) is 65.2 Å². The van der Waals surface area contributed by atoms with Gasteiger partial charge in [0, 0.05) is 5.69 Å². The monoisotopic (exact) mass is 256 g/mol. The molecule has 0 spiro atoms. The van der Waals surface area contributed by atoms with Crippen molar-refractivity contribution in [3.8, 4) is 0 Å². The molecule has 1 aliphatic heterocycles.